The molecule has 0 saturated heterocycles. The first kappa shape index (κ1) is 24.0. The van der Waals surface area contributed by atoms with Crippen LogP contribution in [0.1, 0.15) is 29.3 Å². The highest BCUT2D eigenvalue weighted by molar-refractivity contribution is 7.10. The van der Waals surface area contributed by atoms with Gasteiger partial charge in [0.25, 0.3) is 0 Å². The third kappa shape index (κ3) is 5.74. The van der Waals surface area contributed by atoms with Gasteiger partial charge < -0.3 is 19.9 Å². The normalized spacial score (nSPS) is 17.0. The summed E-state index contributed by atoms with van der Waals surface area (Å²) in [5.74, 6) is 0.615. The van der Waals surface area contributed by atoms with E-state index in [0.29, 0.717) is 34.6 Å². The minimum atomic E-state index is -0.287. The number of urea groups is 1. The molecule has 2 heterocycles. The maximum absolute atomic E-state index is 13.6. The second-order valence-corrected chi connectivity index (χ2v) is 10.6. The average molecular weight is 530 g/mol. The van der Waals surface area contributed by atoms with E-state index >= 15 is 0 Å². The molecule has 0 unspecified atom stereocenters. The van der Waals surface area contributed by atoms with E-state index in [1.54, 1.807) is 52.6 Å². The lowest BCUT2D eigenvalue weighted by molar-refractivity contribution is -0.135. The summed E-state index contributed by atoms with van der Waals surface area (Å²) in [6.45, 7) is 0.943. The number of nitrogens with one attached hydrogen (secondary N) is 1. The van der Waals surface area contributed by atoms with E-state index in [9.17, 15) is 9.59 Å². The predicted octanol–water partition coefficient (Wildman–Crippen LogP) is 6.26. The molecule has 1 saturated carbocycles. The van der Waals surface area contributed by atoms with Gasteiger partial charge >= 0.3 is 6.03 Å². The van der Waals surface area contributed by atoms with E-state index in [-0.39, 0.29) is 30.6 Å². The Bertz CT molecular complexity index is 1210. The van der Waals surface area contributed by atoms with Crippen LogP contribution in [-0.4, -0.2) is 47.5 Å². The van der Waals surface area contributed by atoms with Gasteiger partial charge in [0.05, 0.1) is 6.04 Å². The fourth-order valence-electron chi connectivity index (χ4n) is 4.33. The number of benzene rings is 2. The number of amides is 3. The Morgan fingerprint density at radius 3 is 2.63 bits per heavy atom. The van der Waals surface area contributed by atoms with Gasteiger partial charge in [-0.2, -0.15) is 0 Å². The topological polar surface area (TPSA) is 61.9 Å². The van der Waals surface area contributed by atoms with Crippen LogP contribution in [0.3, 0.4) is 0 Å². The largest absolute Gasteiger partial charge is 0.491 e. The lowest BCUT2D eigenvalue weighted by Crippen LogP contribution is -2.49. The summed E-state index contributed by atoms with van der Waals surface area (Å²) in [6, 6.07) is 15.8. The second kappa shape index (κ2) is 10.5. The average Bonchev–Trinajstić information content (AvgIpc) is 3.57. The molecule has 1 aromatic heterocycles. The minimum Gasteiger partial charge on any atom is -0.491 e. The predicted molar refractivity (Wildman–Crippen MR) is 140 cm³/mol. The fourth-order valence-corrected chi connectivity index (χ4v) is 5.58. The SMILES string of the molecule is O=C(Nc1cccc(Cl)c1)N(CC(=O)N1CCc2sccc2[C@H]1COc1ccc(Cl)cc1)C1CC1. The molecule has 3 aromatic rings. The van der Waals surface area contributed by atoms with Crippen LogP contribution in [-0.2, 0) is 11.2 Å². The molecular weight excluding hydrogens is 505 g/mol. The zero-order valence-electron chi connectivity index (χ0n) is 19.0. The van der Waals surface area contributed by atoms with Gasteiger partial charge in [-0.15, -0.1) is 11.3 Å². The number of carbonyl (C=O) groups excluding carboxylic acids is 2. The van der Waals surface area contributed by atoms with Crippen LogP contribution in [0.2, 0.25) is 10.0 Å². The summed E-state index contributed by atoms with van der Waals surface area (Å²) in [5, 5.41) is 6.13. The van der Waals surface area contributed by atoms with Crippen LogP contribution in [0.25, 0.3) is 0 Å². The van der Waals surface area contributed by atoms with Gasteiger partial charge in [-0.25, -0.2) is 4.79 Å². The third-order valence-corrected chi connectivity index (χ3v) is 7.75. The van der Waals surface area contributed by atoms with Crippen molar-refractivity contribution in [1.29, 1.82) is 0 Å². The van der Waals surface area contributed by atoms with Crippen molar-refractivity contribution in [3.05, 3.63) is 80.5 Å². The molecule has 182 valence electrons. The standard InChI is InChI=1S/C26H25Cl2N3O3S/c27-17-4-8-21(9-5-17)34-16-23-22-11-13-35-24(22)10-12-30(23)25(32)15-31(20-6-7-20)26(33)29-19-3-1-2-18(28)14-19/h1-5,8-9,11,13-14,20,23H,6-7,10,12,15-16H2,(H,29,33)/t23-/m1/s1. The molecule has 1 aliphatic carbocycles. The molecular formula is C26H25Cl2N3O3S. The molecule has 2 aromatic carbocycles. The zero-order chi connectivity index (χ0) is 24.4. The van der Waals surface area contributed by atoms with Crippen LogP contribution < -0.4 is 10.1 Å². The Hall–Kier alpha value is -2.74. The molecule has 6 nitrogen and oxygen atoms in total. The van der Waals surface area contributed by atoms with Gasteiger partial charge in [0.1, 0.15) is 18.9 Å². The van der Waals surface area contributed by atoms with Crippen molar-refractivity contribution < 1.29 is 14.3 Å². The molecule has 35 heavy (non-hydrogen) atoms. The summed E-state index contributed by atoms with van der Waals surface area (Å²) in [6.07, 6.45) is 2.59. The molecule has 1 fully saturated rings. The second-order valence-electron chi connectivity index (χ2n) is 8.72. The number of thiophene rings is 1. The number of halogens is 2. The Kier molecular flexibility index (Phi) is 7.18. The number of ether oxygens (including phenoxy) is 1. The van der Waals surface area contributed by atoms with E-state index in [1.807, 2.05) is 17.0 Å². The molecule has 1 aliphatic heterocycles. The molecule has 5 rings (SSSR count). The quantitative estimate of drug-likeness (QED) is 0.393. The Balaban J connectivity index is 1.30. The smallest absolute Gasteiger partial charge is 0.322 e. The molecule has 0 radical (unpaired) electrons. The van der Waals surface area contributed by atoms with Crippen molar-refractivity contribution in [2.75, 3.05) is 25.0 Å². The van der Waals surface area contributed by atoms with E-state index in [4.69, 9.17) is 27.9 Å². The van der Waals surface area contributed by atoms with Crippen molar-refractivity contribution in [1.82, 2.24) is 9.80 Å². The summed E-state index contributed by atoms with van der Waals surface area (Å²) in [7, 11) is 0. The first-order valence-electron chi connectivity index (χ1n) is 11.6. The number of hydrogen-bond acceptors (Lipinski definition) is 4. The van der Waals surface area contributed by atoms with Crippen LogP contribution in [0.4, 0.5) is 10.5 Å². The van der Waals surface area contributed by atoms with Gasteiger partial charge in [0.2, 0.25) is 5.91 Å². The number of fused-ring (bicyclic) bond motifs is 1. The lowest BCUT2D eigenvalue weighted by atomic mass is 10.0. The van der Waals surface area contributed by atoms with Crippen molar-refractivity contribution in [2.45, 2.75) is 31.3 Å². The third-order valence-electron chi connectivity index (χ3n) is 6.27. The van der Waals surface area contributed by atoms with E-state index in [1.165, 1.54) is 4.88 Å². The Labute approximate surface area is 218 Å². The maximum atomic E-state index is 13.6. The number of rotatable bonds is 7. The molecule has 0 spiro atoms. The first-order valence-corrected chi connectivity index (χ1v) is 13.2. The fraction of sp³-hybridized carbons (Fsp3) is 0.308. The zero-order valence-corrected chi connectivity index (χ0v) is 21.3. The van der Waals surface area contributed by atoms with Gasteiger partial charge in [-0.1, -0.05) is 29.3 Å². The first-order chi connectivity index (χ1) is 17.0. The molecule has 1 atom stereocenters. The van der Waals surface area contributed by atoms with Gasteiger partial charge in [-0.05, 0) is 78.7 Å². The van der Waals surface area contributed by atoms with Crippen LogP contribution >= 0.6 is 34.5 Å². The van der Waals surface area contributed by atoms with Crippen molar-refractivity contribution in [2.24, 2.45) is 0 Å². The number of anilines is 1. The number of nitrogens with zero attached hydrogens (tertiary/aromatic N) is 2. The number of carbonyl (C=O) groups is 2. The van der Waals surface area contributed by atoms with Crippen LogP contribution in [0.15, 0.2) is 60.0 Å². The molecule has 9 heteroatoms. The van der Waals surface area contributed by atoms with Crippen LogP contribution in [0.5, 0.6) is 5.75 Å². The van der Waals surface area contributed by atoms with Gasteiger partial charge in [0.15, 0.2) is 0 Å². The highest BCUT2D eigenvalue weighted by Gasteiger charge is 2.38. The summed E-state index contributed by atoms with van der Waals surface area (Å²) >= 11 is 13.8. The summed E-state index contributed by atoms with van der Waals surface area (Å²) in [5.41, 5.74) is 1.72. The van der Waals surface area contributed by atoms with Gasteiger partial charge in [0, 0.05) is 33.2 Å². The highest BCUT2D eigenvalue weighted by Crippen LogP contribution is 2.35. The van der Waals surface area contributed by atoms with Gasteiger partial charge in [-0.3, -0.25) is 4.79 Å². The van der Waals surface area contributed by atoms with E-state index < -0.39 is 0 Å². The van der Waals surface area contributed by atoms with E-state index in [0.717, 1.165) is 24.8 Å². The monoisotopic (exact) mass is 529 g/mol. The Morgan fingerprint density at radius 2 is 1.89 bits per heavy atom. The minimum absolute atomic E-state index is 0.0218. The van der Waals surface area contributed by atoms with Crippen molar-refractivity contribution in [3.8, 4) is 5.75 Å². The van der Waals surface area contributed by atoms with Crippen molar-refractivity contribution in [3.63, 3.8) is 0 Å². The molecule has 0 bridgehead atoms. The van der Waals surface area contributed by atoms with E-state index in [2.05, 4.69) is 16.8 Å². The van der Waals surface area contributed by atoms with Crippen molar-refractivity contribution >= 4 is 52.2 Å². The maximum Gasteiger partial charge on any atom is 0.322 e. The molecule has 1 N–H and O–H groups in total. The molecule has 2 aliphatic rings. The highest BCUT2D eigenvalue weighted by atomic mass is 35.5. The summed E-state index contributed by atoms with van der Waals surface area (Å²) in [4.78, 5) is 31.4. The molecule has 3 amide bonds. The summed E-state index contributed by atoms with van der Waals surface area (Å²) < 4.78 is 6.06. The lowest BCUT2D eigenvalue weighted by Gasteiger charge is -2.37. The van der Waals surface area contributed by atoms with Crippen LogP contribution in [0, 0.1) is 0 Å². The Morgan fingerprint density at radius 1 is 1.09 bits per heavy atom. The number of hydrogen-bond donors (Lipinski definition) is 1.